The molecule has 4 nitrogen and oxygen atoms in total. The fourth-order valence-corrected chi connectivity index (χ4v) is 2.81. The molecule has 2 aromatic rings. The van der Waals surface area contributed by atoms with Crippen LogP contribution in [-0.2, 0) is 11.3 Å². The third-order valence-corrected chi connectivity index (χ3v) is 4.22. The minimum Gasteiger partial charge on any atom is -0.454 e. The number of aliphatic hydroxyl groups is 1. The van der Waals surface area contributed by atoms with Crippen molar-refractivity contribution in [2.24, 2.45) is 0 Å². The maximum Gasteiger partial charge on any atom is 0.338 e. The standard InChI is InChI=1S/C14H11BrO4S/c15-13-6-5-12(20-13)11(17)8-19-14(18)10-3-1-9(7-16)2-4-10/h1-6,16H,7-8H2. The number of esters is 1. The van der Waals surface area contributed by atoms with Crippen LogP contribution < -0.4 is 0 Å². The quantitative estimate of drug-likeness (QED) is 0.662. The Kier molecular flexibility index (Phi) is 5.05. The lowest BCUT2D eigenvalue weighted by Crippen LogP contribution is -2.13. The van der Waals surface area contributed by atoms with Gasteiger partial charge in [-0.15, -0.1) is 11.3 Å². The highest BCUT2D eigenvalue weighted by Crippen LogP contribution is 2.22. The summed E-state index contributed by atoms with van der Waals surface area (Å²) in [5.41, 5.74) is 1.06. The summed E-state index contributed by atoms with van der Waals surface area (Å²) in [6, 6.07) is 9.83. The smallest absolute Gasteiger partial charge is 0.338 e. The summed E-state index contributed by atoms with van der Waals surface area (Å²) in [5.74, 6) is -0.792. The van der Waals surface area contributed by atoms with Gasteiger partial charge in [0.05, 0.1) is 20.8 Å². The monoisotopic (exact) mass is 354 g/mol. The normalized spacial score (nSPS) is 10.3. The maximum atomic E-state index is 11.8. The van der Waals surface area contributed by atoms with E-state index in [9.17, 15) is 9.59 Å². The summed E-state index contributed by atoms with van der Waals surface area (Å²) in [5, 5.41) is 8.91. The topological polar surface area (TPSA) is 63.6 Å². The van der Waals surface area contributed by atoms with E-state index < -0.39 is 5.97 Å². The zero-order chi connectivity index (χ0) is 14.5. The number of halogens is 1. The van der Waals surface area contributed by atoms with Crippen LogP contribution in [-0.4, -0.2) is 23.5 Å². The molecule has 1 N–H and O–H groups in total. The Morgan fingerprint density at radius 3 is 2.40 bits per heavy atom. The molecule has 0 aliphatic rings. The van der Waals surface area contributed by atoms with Crippen LogP contribution in [0.15, 0.2) is 40.2 Å². The molecule has 0 radical (unpaired) electrons. The number of thiophene rings is 1. The second-order valence-corrected chi connectivity index (χ2v) is 6.42. The van der Waals surface area contributed by atoms with Gasteiger partial charge in [-0.25, -0.2) is 4.79 Å². The van der Waals surface area contributed by atoms with E-state index in [1.165, 1.54) is 11.3 Å². The molecule has 0 spiro atoms. The second-order valence-electron chi connectivity index (χ2n) is 3.96. The number of Topliss-reactive ketones (excluding diaryl/α,β-unsaturated/α-hetero) is 1. The van der Waals surface area contributed by atoms with Crippen LogP contribution in [0.5, 0.6) is 0 Å². The summed E-state index contributed by atoms with van der Waals surface area (Å²) in [6.07, 6.45) is 0. The van der Waals surface area contributed by atoms with Gasteiger partial charge in [0, 0.05) is 0 Å². The first-order valence-electron chi connectivity index (χ1n) is 5.75. The molecule has 0 unspecified atom stereocenters. The van der Waals surface area contributed by atoms with Crippen LogP contribution in [0.2, 0.25) is 0 Å². The zero-order valence-electron chi connectivity index (χ0n) is 10.3. The largest absolute Gasteiger partial charge is 0.454 e. The first-order valence-corrected chi connectivity index (χ1v) is 7.36. The number of carbonyl (C=O) groups is 2. The average molecular weight is 355 g/mol. The molecule has 0 bridgehead atoms. The van der Waals surface area contributed by atoms with Crippen LogP contribution in [0.4, 0.5) is 0 Å². The Bertz CT molecular complexity index is 618. The molecule has 0 aliphatic heterocycles. The average Bonchev–Trinajstić information content (AvgIpc) is 2.91. The van der Waals surface area contributed by atoms with Crippen LogP contribution >= 0.6 is 27.3 Å². The Hall–Kier alpha value is -1.50. The Balaban J connectivity index is 1.92. The van der Waals surface area contributed by atoms with Crippen molar-refractivity contribution in [2.75, 3.05) is 6.61 Å². The predicted octanol–water partition coefficient (Wildman–Crippen LogP) is 3.04. The molecule has 0 saturated carbocycles. The molecule has 1 aromatic heterocycles. The minimum absolute atomic E-state index is 0.0823. The molecule has 104 valence electrons. The number of aliphatic hydroxyl groups excluding tert-OH is 1. The number of carbonyl (C=O) groups excluding carboxylic acids is 2. The lowest BCUT2D eigenvalue weighted by molar-refractivity contribution is 0.0476. The molecule has 0 fully saturated rings. The number of hydrogen-bond acceptors (Lipinski definition) is 5. The van der Waals surface area contributed by atoms with E-state index in [0.29, 0.717) is 16.0 Å². The molecular formula is C14H11BrO4S. The van der Waals surface area contributed by atoms with Crippen molar-refractivity contribution >= 4 is 39.0 Å². The Morgan fingerprint density at radius 1 is 1.15 bits per heavy atom. The van der Waals surface area contributed by atoms with Crippen molar-refractivity contribution < 1.29 is 19.4 Å². The van der Waals surface area contributed by atoms with Gasteiger partial charge in [-0.05, 0) is 45.8 Å². The second kappa shape index (κ2) is 6.78. The maximum absolute atomic E-state index is 11.8. The fourth-order valence-electron chi connectivity index (χ4n) is 1.50. The van der Waals surface area contributed by atoms with Gasteiger partial charge in [-0.1, -0.05) is 12.1 Å². The van der Waals surface area contributed by atoms with E-state index in [2.05, 4.69) is 15.9 Å². The fraction of sp³-hybridized carbons (Fsp3) is 0.143. The molecule has 0 amide bonds. The molecule has 0 aliphatic carbocycles. The van der Waals surface area contributed by atoms with Gasteiger partial charge in [0.25, 0.3) is 0 Å². The molecule has 6 heteroatoms. The highest BCUT2D eigenvalue weighted by molar-refractivity contribution is 9.11. The molecule has 0 atom stereocenters. The highest BCUT2D eigenvalue weighted by atomic mass is 79.9. The number of hydrogen-bond donors (Lipinski definition) is 1. The van der Waals surface area contributed by atoms with Gasteiger partial charge >= 0.3 is 5.97 Å². The van der Waals surface area contributed by atoms with Crippen molar-refractivity contribution in [1.29, 1.82) is 0 Å². The highest BCUT2D eigenvalue weighted by Gasteiger charge is 2.13. The summed E-state index contributed by atoms with van der Waals surface area (Å²) in [7, 11) is 0. The number of ketones is 1. The number of rotatable bonds is 5. The van der Waals surface area contributed by atoms with E-state index >= 15 is 0 Å². The van der Waals surface area contributed by atoms with Crippen molar-refractivity contribution in [3.8, 4) is 0 Å². The van der Waals surface area contributed by atoms with Crippen molar-refractivity contribution in [3.63, 3.8) is 0 Å². The molecule has 1 heterocycles. The first-order chi connectivity index (χ1) is 9.60. The first kappa shape index (κ1) is 14.9. The van der Waals surface area contributed by atoms with Crippen LogP contribution in [0.25, 0.3) is 0 Å². The van der Waals surface area contributed by atoms with Gasteiger partial charge in [0.15, 0.2) is 6.61 Å². The van der Waals surface area contributed by atoms with E-state index in [4.69, 9.17) is 9.84 Å². The van der Waals surface area contributed by atoms with Crippen molar-refractivity contribution in [3.05, 3.63) is 56.2 Å². The van der Waals surface area contributed by atoms with E-state index in [1.807, 2.05) is 0 Å². The van der Waals surface area contributed by atoms with Gasteiger partial charge in [0.1, 0.15) is 0 Å². The third-order valence-electron chi connectivity index (χ3n) is 2.55. The number of benzene rings is 1. The number of ether oxygens (including phenoxy) is 1. The van der Waals surface area contributed by atoms with Gasteiger partial charge in [-0.3, -0.25) is 4.79 Å². The molecular weight excluding hydrogens is 344 g/mol. The molecule has 1 aromatic carbocycles. The third kappa shape index (κ3) is 3.75. The minimum atomic E-state index is -0.557. The SMILES string of the molecule is O=C(OCC(=O)c1ccc(Br)s1)c1ccc(CO)cc1. The van der Waals surface area contributed by atoms with Crippen LogP contribution in [0.1, 0.15) is 25.6 Å². The van der Waals surface area contributed by atoms with Gasteiger partial charge < -0.3 is 9.84 Å². The summed E-state index contributed by atoms with van der Waals surface area (Å²) >= 11 is 4.57. The summed E-state index contributed by atoms with van der Waals surface area (Å²) < 4.78 is 5.82. The van der Waals surface area contributed by atoms with Crippen molar-refractivity contribution in [1.82, 2.24) is 0 Å². The summed E-state index contributed by atoms with van der Waals surface area (Å²) in [6.45, 7) is -0.366. The van der Waals surface area contributed by atoms with Gasteiger partial charge in [0.2, 0.25) is 5.78 Å². The van der Waals surface area contributed by atoms with Gasteiger partial charge in [-0.2, -0.15) is 0 Å². The summed E-state index contributed by atoms with van der Waals surface area (Å²) in [4.78, 5) is 24.1. The van der Waals surface area contributed by atoms with Crippen molar-refractivity contribution in [2.45, 2.75) is 6.61 Å². The molecule has 0 saturated heterocycles. The lowest BCUT2D eigenvalue weighted by atomic mass is 10.1. The Morgan fingerprint density at radius 2 is 1.85 bits per heavy atom. The lowest BCUT2D eigenvalue weighted by Gasteiger charge is -2.04. The van der Waals surface area contributed by atoms with Crippen LogP contribution in [0.3, 0.4) is 0 Å². The molecule has 2 rings (SSSR count). The zero-order valence-corrected chi connectivity index (χ0v) is 12.7. The van der Waals surface area contributed by atoms with E-state index in [1.54, 1.807) is 36.4 Å². The van der Waals surface area contributed by atoms with E-state index in [-0.39, 0.29) is 19.0 Å². The predicted molar refractivity (Wildman–Crippen MR) is 79.0 cm³/mol. The molecule has 20 heavy (non-hydrogen) atoms. The van der Waals surface area contributed by atoms with E-state index in [0.717, 1.165) is 3.79 Å². The van der Waals surface area contributed by atoms with Crippen LogP contribution in [0, 0.1) is 0 Å². The Labute approximate surface area is 128 Å².